The molecule has 84 valence electrons. The van der Waals surface area contributed by atoms with Crippen LogP contribution >= 0.6 is 0 Å². The molecule has 0 unspecified atom stereocenters. The van der Waals surface area contributed by atoms with Crippen molar-refractivity contribution in [2.45, 2.75) is 59.8 Å². The van der Waals surface area contributed by atoms with E-state index in [9.17, 15) is 0 Å². The van der Waals surface area contributed by atoms with Crippen LogP contribution in [0, 0.1) is 0 Å². The molecule has 1 aromatic rings. The summed E-state index contributed by atoms with van der Waals surface area (Å²) in [5, 5.41) is 0. The van der Waals surface area contributed by atoms with Crippen LogP contribution in [0.3, 0.4) is 0 Å². The van der Waals surface area contributed by atoms with Crippen LogP contribution in [0.1, 0.15) is 69.2 Å². The standard InChI is InChI=1S/C12H16.C3H8/c1-4-9-6-10(5-2)12-8(3)11(12)7-9;1-3-2/h6-8H,4-5H2,1-3H3;3H2,1-2H3/t8-;/m0./s1. The van der Waals surface area contributed by atoms with Crippen LogP contribution in [0.15, 0.2) is 12.1 Å². The van der Waals surface area contributed by atoms with Gasteiger partial charge in [0.2, 0.25) is 0 Å². The lowest BCUT2D eigenvalue weighted by Gasteiger charge is -1.98. The molecule has 15 heavy (non-hydrogen) atoms. The topological polar surface area (TPSA) is 0 Å². The first-order valence-electron chi connectivity index (χ1n) is 6.34. The predicted octanol–water partition coefficient (Wildman–Crippen LogP) is 4.69. The Labute approximate surface area is 94.7 Å². The van der Waals surface area contributed by atoms with E-state index in [1.165, 1.54) is 24.8 Å². The summed E-state index contributed by atoms with van der Waals surface area (Å²) in [5.41, 5.74) is 6.33. The second-order valence-electron chi connectivity index (χ2n) is 4.39. The molecule has 1 aliphatic rings. The summed E-state index contributed by atoms with van der Waals surface area (Å²) < 4.78 is 0. The molecule has 0 radical (unpaired) electrons. The van der Waals surface area contributed by atoms with Gasteiger partial charge in [0.25, 0.3) is 0 Å². The van der Waals surface area contributed by atoms with Crippen molar-refractivity contribution in [1.82, 2.24) is 0 Å². The van der Waals surface area contributed by atoms with Gasteiger partial charge >= 0.3 is 0 Å². The van der Waals surface area contributed by atoms with Crippen molar-refractivity contribution in [2.75, 3.05) is 0 Å². The van der Waals surface area contributed by atoms with Gasteiger partial charge in [-0.2, -0.15) is 0 Å². The molecule has 0 fully saturated rings. The lowest BCUT2D eigenvalue weighted by molar-refractivity contribution is 1.07. The predicted molar refractivity (Wildman–Crippen MR) is 68.7 cm³/mol. The van der Waals surface area contributed by atoms with Gasteiger partial charge in [0.05, 0.1) is 0 Å². The molecule has 0 N–H and O–H groups in total. The number of rotatable bonds is 2. The third kappa shape index (κ3) is 2.62. The number of fused-ring (bicyclic) bond motifs is 1. The second kappa shape index (κ2) is 5.34. The van der Waals surface area contributed by atoms with Crippen molar-refractivity contribution in [3.05, 3.63) is 34.4 Å². The molecule has 2 rings (SSSR count). The van der Waals surface area contributed by atoms with Crippen LogP contribution in [-0.2, 0) is 12.8 Å². The van der Waals surface area contributed by atoms with Crippen LogP contribution in [-0.4, -0.2) is 0 Å². The Hall–Kier alpha value is -0.780. The van der Waals surface area contributed by atoms with Gasteiger partial charge in [0, 0.05) is 5.92 Å². The van der Waals surface area contributed by atoms with Crippen molar-refractivity contribution < 1.29 is 0 Å². The highest BCUT2D eigenvalue weighted by atomic mass is 14.3. The molecule has 0 heteroatoms. The zero-order valence-electron chi connectivity index (χ0n) is 10.9. The summed E-state index contributed by atoms with van der Waals surface area (Å²) in [6.07, 6.45) is 3.62. The Morgan fingerprint density at radius 2 is 1.60 bits per heavy atom. The molecule has 1 atom stereocenters. The maximum absolute atomic E-state index is 2.38. The summed E-state index contributed by atoms with van der Waals surface area (Å²) in [7, 11) is 0. The molecule has 0 nitrogen and oxygen atoms in total. The van der Waals surface area contributed by atoms with Crippen molar-refractivity contribution in [1.29, 1.82) is 0 Å². The average molecular weight is 204 g/mol. The monoisotopic (exact) mass is 204 g/mol. The van der Waals surface area contributed by atoms with Gasteiger partial charge in [-0.15, -0.1) is 0 Å². The van der Waals surface area contributed by atoms with Gasteiger partial charge in [0.1, 0.15) is 0 Å². The van der Waals surface area contributed by atoms with E-state index >= 15 is 0 Å². The lowest BCUT2D eigenvalue weighted by atomic mass is 10.1. The van der Waals surface area contributed by atoms with Gasteiger partial charge in [-0.3, -0.25) is 0 Å². The van der Waals surface area contributed by atoms with Crippen LogP contribution in [0.5, 0.6) is 0 Å². The summed E-state index contributed by atoms with van der Waals surface area (Å²) in [6.45, 7) is 11.0. The van der Waals surface area contributed by atoms with Gasteiger partial charge < -0.3 is 0 Å². The first-order valence-corrected chi connectivity index (χ1v) is 6.34. The molecule has 0 saturated heterocycles. The van der Waals surface area contributed by atoms with Gasteiger partial charge in [-0.05, 0) is 35.1 Å². The maximum atomic E-state index is 2.38. The fourth-order valence-electron chi connectivity index (χ4n) is 2.06. The van der Waals surface area contributed by atoms with E-state index in [1.54, 1.807) is 16.7 Å². The Morgan fingerprint density at radius 1 is 1.00 bits per heavy atom. The Kier molecular flexibility index (Phi) is 4.38. The van der Waals surface area contributed by atoms with E-state index in [0.717, 1.165) is 5.92 Å². The number of hydrogen-bond acceptors (Lipinski definition) is 0. The van der Waals surface area contributed by atoms with Crippen LogP contribution in [0.25, 0.3) is 0 Å². The first kappa shape index (κ1) is 12.3. The molecule has 0 bridgehead atoms. The van der Waals surface area contributed by atoms with E-state index in [1.807, 2.05) is 0 Å². The summed E-state index contributed by atoms with van der Waals surface area (Å²) in [6, 6.07) is 4.75. The highest BCUT2D eigenvalue weighted by molar-refractivity contribution is 5.58. The number of aryl methyl sites for hydroxylation is 2. The summed E-state index contributed by atoms with van der Waals surface area (Å²) >= 11 is 0. The number of hydrogen-bond donors (Lipinski definition) is 0. The average Bonchev–Trinajstić information content (AvgIpc) is 2.90. The van der Waals surface area contributed by atoms with Crippen molar-refractivity contribution >= 4 is 0 Å². The van der Waals surface area contributed by atoms with E-state index in [-0.39, 0.29) is 0 Å². The first-order chi connectivity index (χ1) is 7.19. The van der Waals surface area contributed by atoms with Crippen LogP contribution < -0.4 is 0 Å². The highest BCUT2D eigenvalue weighted by Crippen LogP contribution is 2.46. The van der Waals surface area contributed by atoms with Crippen molar-refractivity contribution in [3.8, 4) is 0 Å². The largest absolute Gasteiger partial charge is 0.0656 e. The third-order valence-corrected chi connectivity index (χ3v) is 2.96. The fraction of sp³-hybridized carbons (Fsp3) is 0.600. The molecule has 0 aliphatic heterocycles. The Balaban J connectivity index is 0.000000337. The Morgan fingerprint density at radius 3 is 2.07 bits per heavy atom. The van der Waals surface area contributed by atoms with E-state index in [0.29, 0.717) is 0 Å². The molecular formula is C15H24. The maximum Gasteiger partial charge on any atom is 0.00698 e. The van der Waals surface area contributed by atoms with E-state index in [2.05, 4.69) is 46.8 Å². The Bertz CT molecular complexity index is 322. The van der Waals surface area contributed by atoms with Gasteiger partial charge in [-0.25, -0.2) is 0 Å². The zero-order valence-corrected chi connectivity index (χ0v) is 10.9. The van der Waals surface area contributed by atoms with Gasteiger partial charge in [0.15, 0.2) is 0 Å². The lowest BCUT2D eigenvalue weighted by Crippen LogP contribution is -1.83. The molecule has 1 aromatic carbocycles. The molecular weight excluding hydrogens is 180 g/mol. The van der Waals surface area contributed by atoms with Crippen LogP contribution in [0.4, 0.5) is 0 Å². The van der Waals surface area contributed by atoms with Crippen LogP contribution in [0.2, 0.25) is 0 Å². The molecule has 0 amide bonds. The number of benzene rings is 1. The molecule has 1 aliphatic carbocycles. The van der Waals surface area contributed by atoms with Crippen molar-refractivity contribution in [2.24, 2.45) is 0 Å². The molecule has 0 saturated carbocycles. The molecule has 0 heterocycles. The quantitative estimate of drug-likeness (QED) is 0.655. The van der Waals surface area contributed by atoms with E-state index in [4.69, 9.17) is 0 Å². The van der Waals surface area contributed by atoms with E-state index < -0.39 is 0 Å². The SMILES string of the molecule is CCC.CCc1cc(CC)c2c(c1)[C@@H]2C. The zero-order chi connectivity index (χ0) is 11.4. The van der Waals surface area contributed by atoms with Crippen molar-refractivity contribution in [3.63, 3.8) is 0 Å². The summed E-state index contributed by atoms with van der Waals surface area (Å²) in [5.74, 6) is 0.764. The minimum atomic E-state index is 0.764. The highest BCUT2D eigenvalue weighted by Gasteiger charge is 2.30. The molecule has 0 spiro atoms. The fourth-order valence-corrected chi connectivity index (χ4v) is 2.06. The molecule has 0 aromatic heterocycles. The minimum Gasteiger partial charge on any atom is -0.0656 e. The normalized spacial score (nSPS) is 16.5. The minimum absolute atomic E-state index is 0.764. The second-order valence-corrected chi connectivity index (χ2v) is 4.39. The summed E-state index contributed by atoms with van der Waals surface area (Å²) in [4.78, 5) is 0. The van der Waals surface area contributed by atoms with Gasteiger partial charge in [-0.1, -0.05) is 53.2 Å². The third-order valence-electron chi connectivity index (χ3n) is 2.96. The smallest absolute Gasteiger partial charge is 0.00698 e.